The summed E-state index contributed by atoms with van der Waals surface area (Å²) in [7, 11) is 34.0. The van der Waals surface area contributed by atoms with Gasteiger partial charge in [-0.25, -0.2) is 9.29 Å². The average molecular weight is 475 g/mol. The summed E-state index contributed by atoms with van der Waals surface area (Å²) < 4.78 is 13.4. The van der Waals surface area contributed by atoms with Gasteiger partial charge in [0, 0.05) is 35.8 Å². The quantitative estimate of drug-likeness (QED) is 0.274. The third-order valence-electron chi connectivity index (χ3n) is 6.13. The number of benzene rings is 1. The molecule has 1 heterocycles. The number of carbonyl (C=O) groups excluding carboxylic acids is 2. The number of nitrogens with one attached hydrogen (secondary N) is 2. The van der Waals surface area contributed by atoms with E-state index in [0.717, 1.165) is 17.0 Å². The Kier molecular flexibility index (Phi) is 8.78. The van der Waals surface area contributed by atoms with E-state index in [2.05, 4.69) is 10.6 Å². The van der Waals surface area contributed by atoms with Crippen LogP contribution >= 0.6 is 11.6 Å². The number of carbonyl (C=O) groups is 2. The number of likely N-dealkylation sites (tertiary alicyclic amines) is 1. The minimum Gasteiger partial charge on any atom is -0.352 e. The van der Waals surface area contributed by atoms with Gasteiger partial charge in [-0.05, 0) is 43.9 Å². The fraction of sp³-hybridized carbons (Fsp3) is 0.579. The zero-order valence-corrected chi connectivity index (χ0v) is 19.5. The van der Waals surface area contributed by atoms with E-state index in [1.54, 1.807) is 0 Å². The molecule has 1 aromatic carbocycles. The predicted molar refractivity (Wildman–Crippen MR) is 132 cm³/mol. The summed E-state index contributed by atoms with van der Waals surface area (Å²) in [4.78, 5) is 26.1. The zero-order chi connectivity index (χ0) is 26.1. The van der Waals surface area contributed by atoms with Crippen LogP contribution in [0, 0.1) is 11.7 Å². The summed E-state index contributed by atoms with van der Waals surface area (Å²) in [6, 6.07) is 3.50. The Morgan fingerprint density at radius 2 is 1.62 bits per heavy atom. The molecule has 2 rings (SSSR count). The zero-order valence-electron chi connectivity index (χ0n) is 18.7. The Labute approximate surface area is 211 Å². The first-order chi connectivity index (χ1) is 15.4. The number of hydrogen-bond acceptors (Lipinski definition) is 5. The molecule has 1 aliphatic rings. The number of rotatable bonds is 8. The van der Waals surface area contributed by atoms with E-state index < -0.39 is 39.3 Å². The van der Waals surface area contributed by atoms with Gasteiger partial charge in [-0.3, -0.25) is 9.59 Å². The van der Waals surface area contributed by atoms with Crippen molar-refractivity contribution >= 4 is 70.5 Å². The van der Waals surface area contributed by atoms with Crippen LogP contribution < -0.4 is 10.6 Å². The van der Waals surface area contributed by atoms with Crippen LogP contribution in [0.15, 0.2) is 18.2 Å². The lowest BCUT2D eigenvalue weighted by Crippen LogP contribution is -2.69. The van der Waals surface area contributed by atoms with Crippen molar-refractivity contribution in [2.75, 3.05) is 19.6 Å². The van der Waals surface area contributed by atoms with E-state index in [1.807, 2.05) is 0 Å². The highest BCUT2D eigenvalue weighted by Crippen LogP contribution is 2.42. The number of halogens is 2. The molecule has 0 aliphatic carbocycles. The van der Waals surface area contributed by atoms with Crippen molar-refractivity contribution in [1.29, 1.82) is 0 Å². The number of piperidine rings is 1. The van der Waals surface area contributed by atoms with Crippen molar-refractivity contribution in [2.24, 2.45) is 5.92 Å². The Bertz CT molecular complexity index is 886. The summed E-state index contributed by atoms with van der Waals surface area (Å²) in [5, 5.41) is 21.6. The van der Waals surface area contributed by atoms with E-state index >= 15 is 0 Å². The smallest absolute Gasteiger partial charge is 0.308 e. The Hall–Kier alpha value is -1.35. The molecule has 0 atom stereocenters. The number of aliphatic hydroxyl groups is 2. The first-order valence-electron chi connectivity index (χ1n) is 10.4. The highest BCUT2D eigenvalue weighted by atomic mass is 35.5. The van der Waals surface area contributed by atoms with Crippen molar-refractivity contribution < 1.29 is 24.2 Å². The Morgan fingerprint density at radius 1 is 1.09 bits per heavy atom. The van der Waals surface area contributed by atoms with Gasteiger partial charge >= 0.3 is 5.91 Å². The van der Waals surface area contributed by atoms with E-state index in [9.17, 15) is 24.2 Å². The van der Waals surface area contributed by atoms with Crippen LogP contribution in [0.25, 0.3) is 0 Å². The van der Waals surface area contributed by atoms with Gasteiger partial charge in [0.25, 0.3) is 11.8 Å². The molecule has 7 nitrogen and oxygen atoms in total. The molecule has 12 radical (unpaired) electrons. The molecule has 0 spiro atoms. The summed E-state index contributed by atoms with van der Waals surface area (Å²) in [6.07, 6.45) is 0.807. The normalized spacial score (nSPS) is 16.7. The van der Waals surface area contributed by atoms with E-state index in [1.165, 1.54) is 13.0 Å². The second kappa shape index (κ2) is 10.3. The largest absolute Gasteiger partial charge is 0.352 e. The maximum absolute atomic E-state index is 13.4. The van der Waals surface area contributed by atoms with Gasteiger partial charge < -0.3 is 20.8 Å². The van der Waals surface area contributed by atoms with Gasteiger partial charge in [-0.2, -0.15) is 0 Å². The van der Waals surface area contributed by atoms with Crippen molar-refractivity contribution in [3.8, 4) is 0 Å². The van der Waals surface area contributed by atoms with Gasteiger partial charge in [0.05, 0.1) is 47.1 Å². The van der Waals surface area contributed by atoms with Crippen LogP contribution in [0.1, 0.15) is 30.1 Å². The van der Waals surface area contributed by atoms with Crippen LogP contribution in [0.4, 0.5) is 4.39 Å². The third kappa shape index (κ3) is 6.45. The molecular formula is C19H21B6ClFN3O4. The molecule has 15 heteroatoms. The Morgan fingerprint density at radius 3 is 2.09 bits per heavy atom. The monoisotopic (exact) mass is 475 g/mol. The van der Waals surface area contributed by atoms with Crippen molar-refractivity contribution in [3.05, 3.63) is 34.6 Å². The molecule has 34 heavy (non-hydrogen) atoms. The summed E-state index contributed by atoms with van der Waals surface area (Å²) >= 11 is 5.77. The number of amides is 2. The topological polar surface area (TPSA) is 102 Å². The molecule has 4 N–H and O–H groups in total. The SMILES string of the molecule is [B]C([B])([B])C(C)(NC(=O)C(O)(O)N1CCC(CNC(=O)c2cc(F)cc(Cl)c2)CC1)C([B])([B])[B]. The molecule has 0 aromatic heterocycles. The van der Waals surface area contributed by atoms with Gasteiger partial charge in [-0.15, -0.1) is 10.2 Å². The predicted octanol–water partition coefficient (Wildman–Crippen LogP) is -1.41. The first-order valence-corrected chi connectivity index (χ1v) is 10.8. The second-order valence-electron chi connectivity index (χ2n) is 8.88. The molecule has 1 aliphatic heterocycles. The molecule has 1 saturated heterocycles. The molecule has 2 amide bonds. The minimum atomic E-state index is -2.98. The molecule has 0 saturated carbocycles. The van der Waals surface area contributed by atoms with Crippen LogP contribution in [-0.2, 0) is 4.79 Å². The van der Waals surface area contributed by atoms with Crippen LogP contribution in [0.3, 0.4) is 0 Å². The van der Waals surface area contributed by atoms with Gasteiger partial charge in [-0.1, -0.05) is 11.6 Å². The highest BCUT2D eigenvalue weighted by molar-refractivity contribution is 6.65. The van der Waals surface area contributed by atoms with Crippen LogP contribution in [0.2, 0.25) is 15.2 Å². The first kappa shape index (κ1) is 28.9. The molecule has 168 valence electrons. The summed E-state index contributed by atoms with van der Waals surface area (Å²) in [5.74, 6) is -5.48. The summed E-state index contributed by atoms with van der Waals surface area (Å²) in [5.41, 5.74) is -1.96. The highest BCUT2D eigenvalue weighted by Gasteiger charge is 2.50. The standard InChI is InChI=1S/C19H21B6ClFN3O4/c1-16(18(20,21)22,19(23,24)25)29-15(32)17(33,34)30-4-2-10(3-5-30)9-28-14(31)11-6-12(26)8-13(27)7-11/h6-8,10,33-34H,2-5,9H2,1H3,(H,28,31)(H,29,32). The van der Waals surface area contributed by atoms with Gasteiger partial charge in [0.1, 0.15) is 5.82 Å². The fourth-order valence-corrected chi connectivity index (χ4v) is 3.74. The van der Waals surface area contributed by atoms with Crippen LogP contribution in [0.5, 0.6) is 0 Å². The molecule has 1 fully saturated rings. The lowest BCUT2D eigenvalue weighted by Gasteiger charge is -2.55. The molecule has 0 bridgehead atoms. The second-order valence-corrected chi connectivity index (χ2v) is 9.32. The number of hydrogen-bond donors (Lipinski definition) is 4. The van der Waals surface area contributed by atoms with E-state index in [4.69, 9.17) is 58.7 Å². The van der Waals surface area contributed by atoms with Crippen molar-refractivity contribution in [2.45, 2.75) is 41.4 Å². The van der Waals surface area contributed by atoms with Crippen LogP contribution in [-0.4, -0.2) is 105 Å². The maximum atomic E-state index is 13.4. The van der Waals surface area contributed by atoms with Gasteiger partial charge in [0.15, 0.2) is 0 Å². The van der Waals surface area contributed by atoms with Crippen molar-refractivity contribution in [1.82, 2.24) is 15.5 Å². The average Bonchev–Trinajstić information content (AvgIpc) is 2.69. The molecule has 1 aromatic rings. The molecular weight excluding hydrogens is 454 g/mol. The lowest BCUT2D eigenvalue weighted by atomic mass is 9.22. The van der Waals surface area contributed by atoms with Gasteiger partial charge in [0.2, 0.25) is 0 Å². The van der Waals surface area contributed by atoms with E-state index in [0.29, 0.717) is 12.8 Å². The fourth-order valence-electron chi connectivity index (χ4n) is 3.52. The maximum Gasteiger partial charge on any atom is 0.308 e. The third-order valence-corrected chi connectivity index (χ3v) is 6.35. The lowest BCUT2D eigenvalue weighted by molar-refractivity contribution is -0.256. The molecule has 0 unspecified atom stereocenters. The van der Waals surface area contributed by atoms with E-state index in [-0.39, 0.29) is 36.1 Å². The number of nitrogens with zero attached hydrogens (tertiary/aromatic N) is 1. The van der Waals surface area contributed by atoms with Crippen molar-refractivity contribution in [3.63, 3.8) is 0 Å². The Balaban J connectivity index is 1.96. The minimum absolute atomic E-state index is 0.0390. The summed E-state index contributed by atoms with van der Waals surface area (Å²) in [6.45, 7) is 1.59.